The molecule has 2 amide bonds. The van der Waals surface area contributed by atoms with Crippen LogP contribution in [0.3, 0.4) is 0 Å². The van der Waals surface area contributed by atoms with E-state index in [0.717, 1.165) is 39.0 Å². The maximum absolute atomic E-state index is 12.8. The highest BCUT2D eigenvalue weighted by Gasteiger charge is 2.45. The summed E-state index contributed by atoms with van der Waals surface area (Å²) in [6.07, 6.45) is 9.33. The Labute approximate surface area is 148 Å². The van der Waals surface area contributed by atoms with Crippen LogP contribution in [0, 0.1) is 0 Å². The molecule has 0 spiro atoms. The molecule has 0 N–H and O–H groups in total. The predicted molar refractivity (Wildman–Crippen MR) is 91.9 cm³/mol. The molecular formula is C18H25N5O2. The number of fused-ring (bicyclic) bond motifs is 1. The van der Waals surface area contributed by atoms with Crippen molar-refractivity contribution < 1.29 is 9.59 Å². The molecule has 3 aliphatic rings. The summed E-state index contributed by atoms with van der Waals surface area (Å²) >= 11 is 0. The van der Waals surface area contributed by atoms with Gasteiger partial charge in [0.1, 0.15) is 5.69 Å². The Bertz CT molecular complexity index is 632. The fourth-order valence-corrected chi connectivity index (χ4v) is 4.50. The number of amides is 2. The zero-order chi connectivity index (χ0) is 17.2. The van der Waals surface area contributed by atoms with Crippen molar-refractivity contribution in [2.75, 3.05) is 32.7 Å². The smallest absolute Gasteiger partial charge is 0.274 e. The lowest BCUT2D eigenvalue weighted by atomic mass is 9.96. The predicted octanol–water partition coefficient (Wildman–Crippen LogP) is 0.778. The van der Waals surface area contributed by atoms with E-state index in [4.69, 9.17) is 0 Å². The van der Waals surface area contributed by atoms with Gasteiger partial charge < -0.3 is 14.7 Å². The highest BCUT2D eigenvalue weighted by atomic mass is 16.2. The van der Waals surface area contributed by atoms with Gasteiger partial charge in [-0.2, -0.15) is 0 Å². The van der Waals surface area contributed by atoms with Crippen molar-refractivity contribution in [1.82, 2.24) is 24.7 Å². The third kappa shape index (κ3) is 3.25. The first-order valence-electron chi connectivity index (χ1n) is 9.33. The quantitative estimate of drug-likeness (QED) is 0.808. The van der Waals surface area contributed by atoms with E-state index in [2.05, 4.69) is 14.9 Å². The third-order valence-electron chi connectivity index (χ3n) is 5.78. The zero-order valence-corrected chi connectivity index (χ0v) is 14.5. The van der Waals surface area contributed by atoms with Crippen molar-refractivity contribution in [3.05, 3.63) is 24.3 Å². The molecule has 1 aromatic heterocycles. The summed E-state index contributed by atoms with van der Waals surface area (Å²) < 4.78 is 0. The van der Waals surface area contributed by atoms with Crippen LogP contribution in [0.15, 0.2) is 18.6 Å². The second kappa shape index (κ2) is 7.07. The van der Waals surface area contributed by atoms with Crippen molar-refractivity contribution in [3.63, 3.8) is 0 Å². The first-order chi connectivity index (χ1) is 12.2. The number of hydrogen-bond donors (Lipinski definition) is 0. The minimum Gasteiger partial charge on any atom is -0.336 e. The van der Waals surface area contributed by atoms with Crippen molar-refractivity contribution >= 4 is 11.8 Å². The molecule has 4 rings (SSSR count). The third-order valence-corrected chi connectivity index (χ3v) is 5.78. The number of hydrogen-bond acceptors (Lipinski definition) is 5. The van der Waals surface area contributed by atoms with Gasteiger partial charge in [-0.25, -0.2) is 4.98 Å². The molecule has 3 fully saturated rings. The average Bonchev–Trinajstić information content (AvgIpc) is 3.30. The highest BCUT2D eigenvalue weighted by molar-refractivity contribution is 5.92. The topological polar surface area (TPSA) is 69.6 Å². The molecule has 2 atom stereocenters. The minimum atomic E-state index is -0.0607. The second-order valence-corrected chi connectivity index (χ2v) is 7.19. The average molecular weight is 343 g/mol. The van der Waals surface area contributed by atoms with Crippen molar-refractivity contribution in [1.29, 1.82) is 0 Å². The van der Waals surface area contributed by atoms with Crippen LogP contribution in [0.5, 0.6) is 0 Å². The number of rotatable bonds is 4. The molecule has 0 aliphatic carbocycles. The summed E-state index contributed by atoms with van der Waals surface area (Å²) in [5.41, 5.74) is 0.392. The van der Waals surface area contributed by atoms with Crippen molar-refractivity contribution in [2.24, 2.45) is 0 Å². The first kappa shape index (κ1) is 16.4. The number of carbonyl (C=O) groups is 2. The Balaban J connectivity index is 1.44. The number of aromatic nitrogens is 2. The summed E-state index contributed by atoms with van der Waals surface area (Å²) in [7, 11) is 0. The van der Waals surface area contributed by atoms with E-state index in [1.54, 1.807) is 12.4 Å². The van der Waals surface area contributed by atoms with Gasteiger partial charge in [-0.15, -0.1) is 0 Å². The Kier molecular flexibility index (Phi) is 4.65. The monoisotopic (exact) mass is 343 g/mol. The van der Waals surface area contributed by atoms with Crippen LogP contribution < -0.4 is 0 Å². The number of piperidine rings is 1. The molecule has 0 radical (unpaired) electrons. The Morgan fingerprint density at radius 2 is 1.92 bits per heavy atom. The maximum Gasteiger partial charge on any atom is 0.274 e. The SMILES string of the molecule is O=C1CC[C@H]2[C@H](CCN2C(=O)c2cnccn2)N1CCN1CCCC1. The van der Waals surface area contributed by atoms with E-state index in [0.29, 0.717) is 18.7 Å². The summed E-state index contributed by atoms with van der Waals surface area (Å²) in [5, 5.41) is 0. The van der Waals surface area contributed by atoms with Crippen molar-refractivity contribution in [2.45, 2.75) is 44.2 Å². The fraction of sp³-hybridized carbons (Fsp3) is 0.667. The van der Waals surface area contributed by atoms with Gasteiger partial charge in [-0.1, -0.05) is 0 Å². The normalized spacial score (nSPS) is 27.0. The molecule has 3 aliphatic heterocycles. The van der Waals surface area contributed by atoms with E-state index >= 15 is 0 Å². The Morgan fingerprint density at radius 1 is 1.08 bits per heavy atom. The molecule has 0 unspecified atom stereocenters. The zero-order valence-electron chi connectivity index (χ0n) is 14.5. The molecule has 3 saturated heterocycles. The molecule has 4 heterocycles. The van der Waals surface area contributed by atoms with E-state index in [-0.39, 0.29) is 23.9 Å². The Morgan fingerprint density at radius 3 is 2.68 bits per heavy atom. The van der Waals surface area contributed by atoms with Crippen LogP contribution in [0.25, 0.3) is 0 Å². The van der Waals surface area contributed by atoms with Crippen LogP contribution in [0.4, 0.5) is 0 Å². The van der Waals surface area contributed by atoms with Gasteiger partial charge in [0.2, 0.25) is 5.91 Å². The van der Waals surface area contributed by atoms with E-state index in [9.17, 15) is 9.59 Å². The van der Waals surface area contributed by atoms with Crippen LogP contribution in [0.1, 0.15) is 42.6 Å². The van der Waals surface area contributed by atoms with Crippen LogP contribution in [-0.2, 0) is 4.79 Å². The lowest BCUT2D eigenvalue weighted by molar-refractivity contribution is -0.137. The van der Waals surface area contributed by atoms with Gasteiger partial charge in [0.05, 0.1) is 18.3 Å². The molecule has 7 heteroatoms. The minimum absolute atomic E-state index is 0.0607. The molecule has 134 valence electrons. The second-order valence-electron chi connectivity index (χ2n) is 7.19. The molecule has 0 bridgehead atoms. The number of carbonyl (C=O) groups excluding carboxylic acids is 2. The van der Waals surface area contributed by atoms with Gasteiger partial charge in [-0.05, 0) is 38.8 Å². The van der Waals surface area contributed by atoms with Crippen LogP contribution in [-0.4, -0.2) is 81.3 Å². The van der Waals surface area contributed by atoms with E-state index in [1.807, 2.05) is 9.80 Å². The Hall–Kier alpha value is -2.02. The summed E-state index contributed by atoms with van der Waals surface area (Å²) in [6, 6.07) is 0.273. The summed E-state index contributed by atoms with van der Waals surface area (Å²) in [4.78, 5) is 39.8. The molecule has 0 aromatic carbocycles. The lowest BCUT2D eigenvalue weighted by Gasteiger charge is -2.40. The van der Waals surface area contributed by atoms with Gasteiger partial charge >= 0.3 is 0 Å². The van der Waals surface area contributed by atoms with Crippen LogP contribution >= 0.6 is 0 Å². The van der Waals surface area contributed by atoms with Gasteiger partial charge in [-0.3, -0.25) is 14.6 Å². The summed E-state index contributed by atoms with van der Waals surface area (Å²) in [6.45, 7) is 4.72. The summed E-state index contributed by atoms with van der Waals surface area (Å²) in [5.74, 6) is 0.184. The fourth-order valence-electron chi connectivity index (χ4n) is 4.50. The molecule has 7 nitrogen and oxygen atoms in total. The standard InChI is InChI=1S/C18H25N5O2/c24-17-4-3-15-16(22(17)12-11-21-8-1-2-9-21)5-10-23(15)18(25)14-13-19-6-7-20-14/h6-7,13,15-16H,1-5,8-12H2/t15-,16-/m0/s1. The maximum atomic E-state index is 12.8. The molecule has 25 heavy (non-hydrogen) atoms. The lowest BCUT2D eigenvalue weighted by Crippen LogP contribution is -2.54. The van der Waals surface area contributed by atoms with E-state index < -0.39 is 0 Å². The molecule has 0 saturated carbocycles. The van der Waals surface area contributed by atoms with Crippen molar-refractivity contribution in [3.8, 4) is 0 Å². The van der Waals surface area contributed by atoms with Crippen LogP contribution in [0.2, 0.25) is 0 Å². The van der Waals surface area contributed by atoms with Gasteiger partial charge in [0.25, 0.3) is 5.91 Å². The molecular weight excluding hydrogens is 318 g/mol. The first-order valence-corrected chi connectivity index (χ1v) is 9.33. The van der Waals surface area contributed by atoms with Gasteiger partial charge in [0.15, 0.2) is 0 Å². The number of nitrogens with zero attached hydrogens (tertiary/aromatic N) is 5. The largest absolute Gasteiger partial charge is 0.336 e. The number of likely N-dealkylation sites (tertiary alicyclic amines) is 3. The molecule has 1 aromatic rings. The van der Waals surface area contributed by atoms with E-state index in [1.165, 1.54) is 19.0 Å². The van der Waals surface area contributed by atoms with Gasteiger partial charge in [0, 0.05) is 38.4 Å². The highest BCUT2D eigenvalue weighted by Crippen LogP contribution is 2.32.